The highest BCUT2D eigenvalue weighted by Crippen LogP contribution is 2.31. The molecule has 122 valence electrons. The molecule has 0 aliphatic heterocycles. The average Bonchev–Trinajstić information content (AvgIpc) is 3.23. The summed E-state index contributed by atoms with van der Waals surface area (Å²) in [5.74, 6) is -0.415. The zero-order chi connectivity index (χ0) is 17.1. The molecule has 0 saturated carbocycles. The van der Waals surface area contributed by atoms with Crippen molar-refractivity contribution >= 4 is 40.2 Å². The lowest BCUT2D eigenvalue weighted by Crippen LogP contribution is -2.18. The summed E-state index contributed by atoms with van der Waals surface area (Å²) in [7, 11) is 1.57. The second kappa shape index (κ2) is 6.94. The third-order valence-electron chi connectivity index (χ3n) is 3.34. The second-order valence-electron chi connectivity index (χ2n) is 5.02. The Balaban J connectivity index is 1.82. The molecule has 0 aliphatic carbocycles. The van der Waals surface area contributed by atoms with Crippen molar-refractivity contribution in [2.24, 2.45) is 0 Å². The van der Waals surface area contributed by atoms with Gasteiger partial charge >= 0.3 is 0 Å². The number of carbonyl (C=O) groups excluding carboxylic acids is 2. The standard InChI is InChI=1S/C17H15N3O2S2/c1-10-14(24-17(19-10)13-7-4-8-23-13)16(22)20-12-6-3-5-11(9-12)15(21)18-2/h3-9H,1-2H3,(H,18,21)(H,20,22). The van der Waals surface area contributed by atoms with E-state index in [0.717, 1.165) is 9.88 Å². The minimum atomic E-state index is -0.220. The van der Waals surface area contributed by atoms with Crippen molar-refractivity contribution in [3.63, 3.8) is 0 Å². The second-order valence-corrected chi connectivity index (χ2v) is 6.97. The van der Waals surface area contributed by atoms with Gasteiger partial charge in [-0.05, 0) is 36.6 Å². The summed E-state index contributed by atoms with van der Waals surface area (Å²) in [5.41, 5.74) is 1.77. The van der Waals surface area contributed by atoms with E-state index in [9.17, 15) is 9.59 Å². The maximum absolute atomic E-state index is 12.5. The normalized spacial score (nSPS) is 10.4. The van der Waals surface area contributed by atoms with Crippen molar-refractivity contribution in [2.75, 3.05) is 12.4 Å². The number of aryl methyl sites for hydroxylation is 1. The lowest BCUT2D eigenvalue weighted by Gasteiger charge is -2.06. The summed E-state index contributed by atoms with van der Waals surface area (Å²) in [4.78, 5) is 30.3. The van der Waals surface area contributed by atoms with Crippen LogP contribution in [0.5, 0.6) is 0 Å². The molecule has 2 heterocycles. The first-order valence-electron chi connectivity index (χ1n) is 7.23. The first-order valence-corrected chi connectivity index (χ1v) is 8.93. The highest BCUT2D eigenvalue weighted by atomic mass is 32.1. The van der Waals surface area contributed by atoms with Crippen molar-refractivity contribution in [3.8, 4) is 9.88 Å². The number of benzene rings is 1. The molecule has 0 atom stereocenters. The highest BCUT2D eigenvalue weighted by Gasteiger charge is 2.17. The van der Waals surface area contributed by atoms with Crippen LogP contribution in [0, 0.1) is 6.92 Å². The highest BCUT2D eigenvalue weighted by molar-refractivity contribution is 7.22. The molecule has 1 aromatic carbocycles. The van der Waals surface area contributed by atoms with Gasteiger partial charge in [0.2, 0.25) is 0 Å². The van der Waals surface area contributed by atoms with Crippen LogP contribution in [0.4, 0.5) is 5.69 Å². The predicted molar refractivity (Wildman–Crippen MR) is 97.9 cm³/mol. The predicted octanol–water partition coefficient (Wildman–Crippen LogP) is 3.79. The van der Waals surface area contributed by atoms with Crippen molar-refractivity contribution in [2.45, 2.75) is 6.92 Å². The van der Waals surface area contributed by atoms with Gasteiger partial charge in [-0.1, -0.05) is 12.1 Å². The SMILES string of the molecule is CNC(=O)c1cccc(NC(=O)c2sc(-c3cccs3)nc2C)c1. The van der Waals surface area contributed by atoms with Crippen LogP contribution in [0.2, 0.25) is 0 Å². The number of nitrogens with zero attached hydrogens (tertiary/aromatic N) is 1. The monoisotopic (exact) mass is 357 g/mol. The van der Waals surface area contributed by atoms with E-state index in [4.69, 9.17) is 0 Å². The number of nitrogens with one attached hydrogen (secondary N) is 2. The first kappa shape index (κ1) is 16.4. The zero-order valence-electron chi connectivity index (χ0n) is 13.1. The molecule has 2 N–H and O–H groups in total. The van der Waals surface area contributed by atoms with E-state index in [1.54, 1.807) is 42.6 Å². The van der Waals surface area contributed by atoms with Crippen LogP contribution in [0.1, 0.15) is 25.7 Å². The Morgan fingerprint density at radius 2 is 1.96 bits per heavy atom. The van der Waals surface area contributed by atoms with Crippen LogP contribution < -0.4 is 10.6 Å². The summed E-state index contributed by atoms with van der Waals surface area (Å²) in [6.45, 7) is 1.82. The summed E-state index contributed by atoms with van der Waals surface area (Å²) in [6.07, 6.45) is 0. The summed E-state index contributed by atoms with van der Waals surface area (Å²) < 4.78 is 0. The van der Waals surface area contributed by atoms with Gasteiger partial charge in [0, 0.05) is 18.3 Å². The molecule has 3 aromatic rings. The fourth-order valence-corrected chi connectivity index (χ4v) is 3.94. The van der Waals surface area contributed by atoms with Crippen LogP contribution in [-0.4, -0.2) is 23.8 Å². The van der Waals surface area contributed by atoms with Crippen LogP contribution in [-0.2, 0) is 0 Å². The molecule has 0 aliphatic rings. The van der Waals surface area contributed by atoms with Crippen molar-refractivity contribution < 1.29 is 9.59 Å². The first-order chi connectivity index (χ1) is 11.6. The summed E-state index contributed by atoms with van der Waals surface area (Å²) >= 11 is 2.96. The Kier molecular flexibility index (Phi) is 4.73. The van der Waals surface area contributed by atoms with E-state index in [1.807, 2.05) is 24.4 Å². The molecule has 7 heteroatoms. The van der Waals surface area contributed by atoms with E-state index < -0.39 is 0 Å². The minimum absolute atomic E-state index is 0.194. The van der Waals surface area contributed by atoms with Crippen molar-refractivity contribution in [1.82, 2.24) is 10.3 Å². The third kappa shape index (κ3) is 3.37. The molecule has 3 rings (SSSR count). The fraction of sp³-hybridized carbons (Fsp3) is 0.118. The van der Waals surface area contributed by atoms with E-state index >= 15 is 0 Å². The van der Waals surface area contributed by atoms with Crippen LogP contribution in [0.3, 0.4) is 0 Å². The van der Waals surface area contributed by atoms with Crippen molar-refractivity contribution in [1.29, 1.82) is 0 Å². The van der Waals surface area contributed by atoms with Gasteiger partial charge in [0.1, 0.15) is 9.88 Å². The van der Waals surface area contributed by atoms with Crippen LogP contribution in [0.15, 0.2) is 41.8 Å². The molecule has 0 spiro atoms. The lowest BCUT2D eigenvalue weighted by atomic mass is 10.2. The largest absolute Gasteiger partial charge is 0.355 e. The molecular formula is C17H15N3O2S2. The lowest BCUT2D eigenvalue weighted by molar-refractivity contribution is 0.0961. The van der Waals surface area contributed by atoms with Gasteiger partial charge in [-0.25, -0.2) is 4.98 Å². The Bertz CT molecular complexity index is 885. The summed E-state index contributed by atoms with van der Waals surface area (Å²) in [5, 5.41) is 8.22. The van der Waals surface area contributed by atoms with Crippen LogP contribution in [0.25, 0.3) is 9.88 Å². The van der Waals surface area contributed by atoms with E-state index in [2.05, 4.69) is 15.6 Å². The number of thiazole rings is 1. The van der Waals surface area contributed by atoms with E-state index in [0.29, 0.717) is 21.8 Å². The van der Waals surface area contributed by atoms with Gasteiger partial charge in [0.05, 0.1) is 10.6 Å². The van der Waals surface area contributed by atoms with Crippen molar-refractivity contribution in [3.05, 3.63) is 57.9 Å². The molecule has 24 heavy (non-hydrogen) atoms. The molecule has 0 radical (unpaired) electrons. The van der Waals surface area contributed by atoms with Crippen LogP contribution >= 0.6 is 22.7 Å². The fourth-order valence-electron chi connectivity index (χ4n) is 2.18. The molecular weight excluding hydrogens is 342 g/mol. The third-order valence-corrected chi connectivity index (χ3v) is 5.54. The topological polar surface area (TPSA) is 71.1 Å². The zero-order valence-corrected chi connectivity index (χ0v) is 14.8. The molecule has 0 unspecified atom stereocenters. The van der Waals surface area contributed by atoms with Gasteiger partial charge in [-0.2, -0.15) is 0 Å². The Morgan fingerprint density at radius 3 is 2.67 bits per heavy atom. The van der Waals surface area contributed by atoms with E-state index in [-0.39, 0.29) is 11.8 Å². The van der Waals surface area contributed by atoms with Gasteiger partial charge in [0.15, 0.2) is 0 Å². The number of hydrogen-bond acceptors (Lipinski definition) is 5. The van der Waals surface area contributed by atoms with Gasteiger partial charge in [0.25, 0.3) is 11.8 Å². The molecule has 5 nitrogen and oxygen atoms in total. The molecule has 2 aromatic heterocycles. The van der Waals surface area contributed by atoms with Gasteiger partial charge < -0.3 is 10.6 Å². The molecule has 0 bridgehead atoms. The number of anilines is 1. The number of carbonyl (C=O) groups is 2. The Hall–Kier alpha value is -2.51. The Morgan fingerprint density at radius 1 is 1.12 bits per heavy atom. The average molecular weight is 357 g/mol. The number of hydrogen-bond donors (Lipinski definition) is 2. The maximum Gasteiger partial charge on any atom is 0.267 e. The number of thiophene rings is 1. The number of rotatable bonds is 4. The Labute approximate surface area is 147 Å². The molecule has 0 saturated heterocycles. The quantitative estimate of drug-likeness (QED) is 0.746. The summed E-state index contributed by atoms with van der Waals surface area (Å²) in [6, 6.07) is 10.8. The van der Waals surface area contributed by atoms with Gasteiger partial charge in [-0.15, -0.1) is 22.7 Å². The van der Waals surface area contributed by atoms with E-state index in [1.165, 1.54) is 11.3 Å². The maximum atomic E-state index is 12.5. The smallest absolute Gasteiger partial charge is 0.267 e. The molecule has 0 fully saturated rings. The number of amides is 2. The minimum Gasteiger partial charge on any atom is -0.355 e. The van der Waals surface area contributed by atoms with Gasteiger partial charge in [-0.3, -0.25) is 9.59 Å². The number of aromatic nitrogens is 1. The molecule has 2 amide bonds.